The van der Waals surface area contributed by atoms with Gasteiger partial charge in [0.25, 0.3) is 0 Å². The predicted octanol–water partition coefficient (Wildman–Crippen LogP) is 1.73. The van der Waals surface area contributed by atoms with E-state index in [2.05, 4.69) is 26.6 Å². The number of carbonyl (C=O) groups is 2. The Hall–Kier alpha value is -1.18. The van der Waals surface area contributed by atoms with Crippen molar-refractivity contribution in [1.29, 1.82) is 0 Å². The SMILES string of the molecule is CC(C)[C@H](N)C(=O)NCC(=O)NCc1cc(F)ccc1Br.Cl. The maximum absolute atomic E-state index is 13.1. The van der Waals surface area contributed by atoms with Crippen molar-refractivity contribution in [1.82, 2.24) is 10.6 Å². The number of carbonyl (C=O) groups excluding carboxylic acids is 2. The molecule has 124 valence electrons. The summed E-state index contributed by atoms with van der Waals surface area (Å²) in [7, 11) is 0. The van der Waals surface area contributed by atoms with Crippen molar-refractivity contribution in [3.05, 3.63) is 34.1 Å². The fourth-order valence-electron chi connectivity index (χ4n) is 1.52. The molecule has 1 atom stereocenters. The molecule has 2 amide bonds. The third-order valence-corrected chi connectivity index (χ3v) is 3.70. The summed E-state index contributed by atoms with van der Waals surface area (Å²) in [5.41, 5.74) is 6.28. The van der Waals surface area contributed by atoms with E-state index < -0.39 is 6.04 Å². The first-order valence-electron chi connectivity index (χ1n) is 6.55. The van der Waals surface area contributed by atoms with Gasteiger partial charge in [-0.05, 0) is 29.7 Å². The Bertz CT molecular complexity index is 529. The Balaban J connectivity index is 0.00000441. The monoisotopic (exact) mass is 395 g/mol. The van der Waals surface area contributed by atoms with Crippen LogP contribution >= 0.6 is 28.3 Å². The van der Waals surface area contributed by atoms with E-state index in [9.17, 15) is 14.0 Å². The molecule has 0 saturated carbocycles. The van der Waals surface area contributed by atoms with E-state index in [1.54, 1.807) is 6.07 Å². The molecule has 0 fully saturated rings. The topological polar surface area (TPSA) is 84.2 Å². The third kappa shape index (κ3) is 6.72. The molecule has 0 aliphatic rings. The van der Waals surface area contributed by atoms with Crippen molar-refractivity contribution < 1.29 is 14.0 Å². The smallest absolute Gasteiger partial charge is 0.239 e. The number of hydrogen-bond donors (Lipinski definition) is 3. The standard InChI is InChI=1S/C14H19BrFN3O2.ClH/c1-8(2)13(17)14(21)19-7-12(20)18-6-9-5-10(16)3-4-11(9)15;/h3-5,8,13H,6-7,17H2,1-2H3,(H,18,20)(H,19,21);1H/t13-;/m0./s1. The fraction of sp³-hybridized carbons (Fsp3) is 0.429. The average Bonchev–Trinajstić information content (AvgIpc) is 2.44. The van der Waals surface area contributed by atoms with Gasteiger partial charge in [-0.1, -0.05) is 29.8 Å². The summed E-state index contributed by atoms with van der Waals surface area (Å²) < 4.78 is 13.8. The number of rotatable bonds is 6. The number of hydrogen-bond acceptors (Lipinski definition) is 3. The van der Waals surface area contributed by atoms with E-state index in [-0.39, 0.29) is 49.0 Å². The van der Waals surface area contributed by atoms with Gasteiger partial charge in [0.15, 0.2) is 0 Å². The lowest BCUT2D eigenvalue weighted by atomic mass is 10.1. The lowest BCUT2D eigenvalue weighted by Gasteiger charge is -2.15. The molecule has 0 spiro atoms. The highest BCUT2D eigenvalue weighted by atomic mass is 79.9. The molecule has 22 heavy (non-hydrogen) atoms. The van der Waals surface area contributed by atoms with E-state index in [0.29, 0.717) is 10.0 Å². The Morgan fingerprint density at radius 1 is 1.32 bits per heavy atom. The quantitative estimate of drug-likeness (QED) is 0.684. The van der Waals surface area contributed by atoms with Crippen LogP contribution in [0.25, 0.3) is 0 Å². The molecule has 0 heterocycles. The van der Waals surface area contributed by atoms with Crippen LogP contribution in [0.2, 0.25) is 0 Å². The van der Waals surface area contributed by atoms with Crippen LogP contribution in [0.4, 0.5) is 4.39 Å². The number of halogens is 3. The molecular formula is C14H20BrClFN3O2. The van der Waals surface area contributed by atoms with Gasteiger partial charge >= 0.3 is 0 Å². The minimum absolute atomic E-state index is 0. The summed E-state index contributed by atoms with van der Waals surface area (Å²) in [5.74, 6) is -1.11. The van der Waals surface area contributed by atoms with Gasteiger partial charge in [-0.2, -0.15) is 0 Å². The average molecular weight is 397 g/mol. The lowest BCUT2D eigenvalue weighted by molar-refractivity contribution is -0.127. The van der Waals surface area contributed by atoms with Crippen molar-refractivity contribution in [2.24, 2.45) is 11.7 Å². The van der Waals surface area contributed by atoms with E-state index in [1.807, 2.05) is 13.8 Å². The second-order valence-corrected chi connectivity index (χ2v) is 5.85. The maximum Gasteiger partial charge on any atom is 0.239 e. The van der Waals surface area contributed by atoms with E-state index in [4.69, 9.17) is 5.73 Å². The molecule has 1 aromatic rings. The van der Waals surface area contributed by atoms with Crippen LogP contribution in [0.5, 0.6) is 0 Å². The summed E-state index contributed by atoms with van der Waals surface area (Å²) in [5, 5.41) is 5.06. The summed E-state index contributed by atoms with van der Waals surface area (Å²) in [6.45, 7) is 3.66. The van der Waals surface area contributed by atoms with Gasteiger partial charge in [0.05, 0.1) is 12.6 Å². The van der Waals surface area contributed by atoms with Gasteiger partial charge in [-0.3, -0.25) is 9.59 Å². The Morgan fingerprint density at radius 3 is 2.55 bits per heavy atom. The Morgan fingerprint density at radius 2 is 1.95 bits per heavy atom. The summed E-state index contributed by atoms with van der Waals surface area (Å²) in [6, 6.07) is 3.58. The number of benzene rings is 1. The van der Waals surface area contributed by atoms with Crippen molar-refractivity contribution in [3.8, 4) is 0 Å². The summed E-state index contributed by atoms with van der Waals surface area (Å²) in [6.07, 6.45) is 0. The van der Waals surface area contributed by atoms with E-state index in [0.717, 1.165) is 0 Å². The zero-order chi connectivity index (χ0) is 16.0. The second-order valence-electron chi connectivity index (χ2n) is 5.00. The molecule has 1 rings (SSSR count). The molecule has 0 aliphatic carbocycles. The normalized spacial score (nSPS) is 11.5. The molecule has 4 N–H and O–H groups in total. The van der Waals surface area contributed by atoms with Gasteiger partial charge in [-0.25, -0.2) is 4.39 Å². The van der Waals surface area contributed by atoms with E-state index >= 15 is 0 Å². The van der Waals surface area contributed by atoms with Crippen LogP contribution in [-0.2, 0) is 16.1 Å². The molecule has 0 aromatic heterocycles. The van der Waals surface area contributed by atoms with Crippen molar-refractivity contribution in [3.63, 3.8) is 0 Å². The number of nitrogens with one attached hydrogen (secondary N) is 2. The van der Waals surface area contributed by atoms with Crippen molar-refractivity contribution >= 4 is 40.2 Å². The van der Waals surface area contributed by atoms with Crippen LogP contribution < -0.4 is 16.4 Å². The second kappa shape index (κ2) is 9.76. The molecule has 0 radical (unpaired) electrons. The van der Waals surface area contributed by atoms with Gasteiger partial charge < -0.3 is 16.4 Å². The highest BCUT2D eigenvalue weighted by Crippen LogP contribution is 2.17. The molecule has 0 unspecified atom stereocenters. The maximum atomic E-state index is 13.1. The van der Waals surface area contributed by atoms with Crippen LogP contribution in [0, 0.1) is 11.7 Å². The molecule has 0 saturated heterocycles. The summed E-state index contributed by atoms with van der Waals surface area (Å²) >= 11 is 3.27. The first-order valence-corrected chi connectivity index (χ1v) is 7.34. The van der Waals surface area contributed by atoms with Crippen LogP contribution in [0.1, 0.15) is 19.4 Å². The van der Waals surface area contributed by atoms with Crippen molar-refractivity contribution in [2.75, 3.05) is 6.54 Å². The van der Waals surface area contributed by atoms with Gasteiger partial charge in [0, 0.05) is 11.0 Å². The highest BCUT2D eigenvalue weighted by Gasteiger charge is 2.17. The zero-order valence-corrected chi connectivity index (χ0v) is 14.8. The Kier molecular flexibility index (Phi) is 9.24. The molecular weight excluding hydrogens is 377 g/mol. The first-order chi connectivity index (χ1) is 9.81. The van der Waals surface area contributed by atoms with E-state index in [1.165, 1.54) is 12.1 Å². The largest absolute Gasteiger partial charge is 0.350 e. The Labute approximate surface area is 143 Å². The van der Waals surface area contributed by atoms with Gasteiger partial charge in [0.2, 0.25) is 11.8 Å². The number of nitrogens with two attached hydrogens (primary N) is 1. The summed E-state index contributed by atoms with van der Waals surface area (Å²) in [4.78, 5) is 23.2. The fourth-order valence-corrected chi connectivity index (χ4v) is 1.91. The van der Waals surface area contributed by atoms with Crippen LogP contribution in [0.15, 0.2) is 22.7 Å². The third-order valence-electron chi connectivity index (χ3n) is 2.93. The number of amides is 2. The van der Waals surface area contributed by atoms with Crippen LogP contribution in [-0.4, -0.2) is 24.4 Å². The minimum Gasteiger partial charge on any atom is -0.350 e. The van der Waals surface area contributed by atoms with Gasteiger partial charge in [0.1, 0.15) is 5.82 Å². The highest BCUT2D eigenvalue weighted by molar-refractivity contribution is 9.10. The molecule has 0 bridgehead atoms. The molecule has 5 nitrogen and oxygen atoms in total. The van der Waals surface area contributed by atoms with Crippen molar-refractivity contribution in [2.45, 2.75) is 26.4 Å². The zero-order valence-electron chi connectivity index (χ0n) is 12.4. The first kappa shape index (κ1) is 20.8. The minimum atomic E-state index is -0.643. The molecule has 1 aromatic carbocycles. The molecule has 8 heteroatoms. The van der Waals surface area contributed by atoms with Crippen LogP contribution in [0.3, 0.4) is 0 Å². The predicted molar refractivity (Wildman–Crippen MR) is 89.0 cm³/mol. The molecule has 0 aliphatic heterocycles. The lowest BCUT2D eigenvalue weighted by Crippen LogP contribution is -2.47. The van der Waals surface area contributed by atoms with Gasteiger partial charge in [-0.15, -0.1) is 12.4 Å².